The summed E-state index contributed by atoms with van der Waals surface area (Å²) in [4.78, 5) is 0.128. The molecule has 0 atom stereocenters. The van der Waals surface area contributed by atoms with Crippen LogP contribution in [0.5, 0.6) is 0 Å². The quantitative estimate of drug-likeness (QED) is 0.937. The summed E-state index contributed by atoms with van der Waals surface area (Å²) < 4.78 is 32.9. The molecule has 5 nitrogen and oxygen atoms in total. The van der Waals surface area contributed by atoms with Crippen LogP contribution in [0.25, 0.3) is 0 Å². The summed E-state index contributed by atoms with van der Waals surface area (Å²) in [6.07, 6.45) is 1.52. The van der Waals surface area contributed by atoms with Gasteiger partial charge in [-0.15, -0.1) is 0 Å². The van der Waals surface area contributed by atoms with E-state index in [0.717, 1.165) is 18.4 Å². The van der Waals surface area contributed by atoms with Gasteiger partial charge in [0.15, 0.2) is 5.76 Å². The van der Waals surface area contributed by atoms with E-state index in [2.05, 4.69) is 9.88 Å². The van der Waals surface area contributed by atoms with Crippen LogP contribution in [0.4, 0.5) is 0 Å². The Balaban J connectivity index is 1.94. The summed E-state index contributed by atoms with van der Waals surface area (Å²) in [7, 11) is -3.67. The second-order valence-corrected chi connectivity index (χ2v) is 7.40. The fourth-order valence-corrected chi connectivity index (χ4v) is 4.42. The lowest BCUT2D eigenvalue weighted by atomic mass is 10.1. The average Bonchev–Trinajstić information content (AvgIpc) is 3.08. The van der Waals surface area contributed by atoms with Crippen molar-refractivity contribution < 1.29 is 12.9 Å². The van der Waals surface area contributed by atoms with Crippen molar-refractivity contribution in [3.8, 4) is 0 Å². The second-order valence-electron chi connectivity index (χ2n) is 5.35. The van der Waals surface area contributed by atoms with Crippen molar-refractivity contribution in [2.45, 2.75) is 37.1 Å². The maximum absolute atomic E-state index is 12.6. The number of aromatic nitrogens is 1. The van der Waals surface area contributed by atoms with Crippen LogP contribution in [-0.4, -0.2) is 13.6 Å². The summed E-state index contributed by atoms with van der Waals surface area (Å²) in [6.45, 7) is 3.21. The highest BCUT2D eigenvalue weighted by molar-refractivity contribution is 7.89. The molecule has 1 saturated carbocycles. The van der Waals surface area contributed by atoms with Crippen LogP contribution in [0, 0.1) is 13.8 Å². The summed E-state index contributed by atoms with van der Waals surface area (Å²) in [5.74, 6) is 0.298. The zero-order valence-electron chi connectivity index (χ0n) is 11.7. The molecule has 3 rings (SSSR count). The normalized spacial score (nSPS) is 16.9. The molecule has 1 fully saturated rings. The molecule has 0 amide bonds. The summed E-state index contributed by atoms with van der Waals surface area (Å²) in [5, 5.41) is 4.33. The van der Waals surface area contributed by atoms with E-state index in [-0.39, 0.29) is 4.90 Å². The Labute approximate surface area is 128 Å². The Hall–Kier alpha value is -1.37. The van der Waals surface area contributed by atoms with Gasteiger partial charge in [-0.1, -0.05) is 28.9 Å². The van der Waals surface area contributed by atoms with Gasteiger partial charge in [0.1, 0.15) is 10.6 Å². The number of sulfonamides is 1. The molecule has 112 valence electrons. The molecule has 0 spiro atoms. The molecule has 1 aromatic carbocycles. The molecule has 1 aliphatic carbocycles. The summed E-state index contributed by atoms with van der Waals surface area (Å²) in [5.41, 5.74) is 0.744. The number of nitrogens with one attached hydrogen (secondary N) is 1. The Kier molecular flexibility index (Phi) is 3.35. The highest BCUT2D eigenvalue weighted by Gasteiger charge is 2.48. The number of halogens is 1. The van der Waals surface area contributed by atoms with Crippen molar-refractivity contribution >= 4 is 21.6 Å². The molecular formula is C14H15ClN2O3S. The first-order chi connectivity index (χ1) is 9.84. The van der Waals surface area contributed by atoms with Crippen LogP contribution in [0.1, 0.15) is 29.9 Å². The van der Waals surface area contributed by atoms with Gasteiger partial charge in [-0.3, -0.25) is 0 Å². The van der Waals surface area contributed by atoms with Gasteiger partial charge in [-0.2, -0.15) is 0 Å². The number of rotatable bonds is 4. The lowest BCUT2D eigenvalue weighted by molar-refractivity contribution is 0.390. The van der Waals surface area contributed by atoms with E-state index in [4.69, 9.17) is 16.1 Å². The third-order valence-electron chi connectivity index (χ3n) is 3.71. The molecule has 1 heterocycles. The number of hydrogen-bond donors (Lipinski definition) is 1. The zero-order valence-corrected chi connectivity index (χ0v) is 13.3. The summed E-state index contributed by atoms with van der Waals surface area (Å²) in [6, 6.07) is 7.23. The van der Waals surface area contributed by atoms with Gasteiger partial charge in [-0.05, 0) is 44.4 Å². The number of nitrogens with zero attached hydrogens (tertiary/aromatic N) is 1. The first kappa shape index (κ1) is 14.6. The first-order valence-electron chi connectivity index (χ1n) is 6.57. The number of aryl methyl sites for hydroxylation is 2. The van der Waals surface area contributed by atoms with Crippen LogP contribution in [0.2, 0.25) is 5.02 Å². The van der Waals surface area contributed by atoms with Crippen molar-refractivity contribution in [2.24, 2.45) is 0 Å². The number of hydrogen-bond acceptors (Lipinski definition) is 4. The highest BCUT2D eigenvalue weighted by atomic mass is 35.5. The van der Waals surface area contributed by atoms with Gasteiger partial charge >= 0.3 is 0 Å². The molecule has 0 radical (unpaired) electrons. The molecule has 1 N–H and O–H groups in total. The zero-order chi connectivity index (χ0) is 15.3. The van der Waals surface area contributed by atoms with Crippen LogP contribution < -0.4 is 4.72 Å². The minimum absolute atomic E-state index is 0.128. The van der Waals surface area contributed by atoms with Crippen molar-refractivity contribution in [1.82, 2.24) is 9.88 Å². The smallest absolute Gasteiger partial charge is 0.246 e. The molecule has 0 aliphatic heterocycles. The summed E-state index contributed by atoms with van der Waals surface area (Å²) >= 11 is 5.88. The van der Waals surface area contributed by atoms with Crippen molar-refractivity contribution in [1.29, 1.82) is 0 Å². The largest absolute Gasteiger partial charge is 0.360 e. The third kappa shape index (κ3) is 2.59. The lowest BCUT2D eigenvalue weighted by Gasteiger charge is -2.18. The first-order valence-corrected chi connectivity index (χ1v) is 8.43. The van der Waals surface area contributed by atoms with E-state index in [9.17, 15) is 8.42 Å². The van der Waals surface area contributed by atoms with Gasteiger partial charge in [0.05, 0.1) is 5.54 Å². The van der Waals surface area contributed by atoms with E-state index in [1.165, 1.54) is 0 Å². The average molecular weight is 327 g/mol. The minimum Gasteiger partial charge on any atom is -0.360 e. The maximum atomic E-state index is 12.6. The predicted octanol–water partition coefficient (Wildman–Crippen LogP) is 2.91. The van der Waals surface area contributed by atoms with Crippen LogP contribution in [0.3, 0.4) is 0 Å². The molecule has 0 saturated heterocycles. The van der Waals surface area contributed by atoms with E-state index in [0.29, 0.717) is 16.5 Å². The topological polar surface area (TPSA) is 72.2 Å². The Bertz CT molecular complexity index is 758. The Morgan fingerprint density at radius 3 is 2.33 bits per heavy atom. The van der Waals surface area contributed by atoms with Gasteiger partial charge in [-0.25, -0.2) is 13.1 Å². The van der Waals surface area contributed by atoms with E-state index < -0.39 is 15.6 Å². The van der Waals surface area contributed by atoms with Gasteiger partial charge < -0.3 is 4.52 Å². The molecule has 2 aromatic rings. The number of benzene rings is 1. The minimum atomic E-state index is -3.67. The molecular weight excluding hydrogens is 312 g/mol. The molecule has 0 unspecified atom stereocenters. The SMILES string of the molecule is Cc1noc(C)c1S(=O)(=O)NC1(c2ccc(Cl)cc2)CC1. The van der Waals surface area contributed by atoms with Crippen LogP contribution in [0.15, 0.2) is 33.7 Å². The molecule has 1 aromatic heterocycles. The van der Waals surface area contributed by atoms with Crippen LogP contribution >= 0.6 is 11.6 Å². The lowest BCUT2D eigenvalue weighted by Crippen LogP contribution is -2.35. The monoisotopic (exact) mass is 326 g/mol. The second kappa shape index (κ2) is 4.83. The van der Waals surface area contributed by atoms with Gasteiger partial charge in [0.25, 0.3) is 0 Å². The van der Waals surface area contributed by atoms with E-state index in [1.807, 2.05) is 12.1 Å². The molecule has 21 heavy (non-hydrogen) atoms. The maximum Gasteiger partial charge on any atom is 0.246 e. The van der Waals surface area contributed by atoms with Crippen molar-refractivity contribution in [3.05, 3.63) is 46.3 Å². The molecule has 7 heteroatoms. The Morgan fingerprint density at radius 1 is 1.24 bits per heavy atom. The fraction of sp³-hybridized carbons (Fsp3) is 0.357. The van der Waals surface area contributed by atoms with Crippen molar-refractivity contribution in [3.63, 3.8) is 0 Å². The van der Waals surface area contributed by atoms with E-state index >= 15 is 0 Å². The van der Waals surface area contributed by atoms with Gasteiger partial charge in [0, 0.05) is 5.02 Å². The molecule has 0 bridgehead atoms. The predicted molar refractivity (Wildman–Crippen MR) is 78.7 cm³/mol. The van der Waals surface area contributed by atoms with Crippen molar-refractivity contribution in [2.75, 3.05) is 0 Å². The van der Waals surface area contributed by atoms with Gasteiger partial charge in [0.2, 0.25) is 10.0 Å². The fourth-order valence-electron chi connectivity index (χ4n) is 2.51. The Morgan fingerprint density at radius 2 is 1.86 bits per heavy atom. The molecule has 1 aliphatic rings. The van der Waals surface area contributed by atoms with Crippen LogP contribution in [-0.2, 0) is 15.6 Å². The highest BCUT2D eigenvalue weighted by Crippen LogP contribution is 2.47. The third-order valence-corrected chi connectivity index (χ3v) is 5.74. The van der Waals surface area contributed by atoms with E-state index in [1.54, 1.807) is 26.0 Å². The standard InChI is InChI=1S/C14H15ClN2O3S/c1-9-13(10(2)20-16-9)21(18,19)17-14(7-8-14)11-3-5-12(15)6-4-11/h3-6,17H,7-8H2,1-2H3.